The fourth-order valence-corrected chi connectivity index (χ4v) is 3.87. The lowest BCUT2D eigenvalue weighted by molar-refractivity contribution is 0.600. The Hall–Kier alpha value is -2.52. The van der Waals surface area contributed by atoms with Gasteiger partial charge in [-0.05, 0) is 45.8 Å². The standard InChI is InChI=1S/C17H13BrFN3O3S/c18-15-16(21-26(24,25)14-7-2-1-3-8-14)20-11-22(17(15)23)10-12-5-4-6-13(19)9-12/h1-9,11,21H,10H2. The highest BCUT2D eigenvalue weighted by molar-refractivity contribution is 9.10. The average molecular weight is 438 g/mol. The van der Waals surface area contributed by atoms with E-state index < -0.39 is 21.4 Å². The monoisotopic (exact) mass is 437 g/mol. The van der Waals surface area contributed by atoms with Crippen molar-refractivity contribution < 1.29 is 12.8 Å². The quantitative estimate of drug-likeness (QED) is 0.664. The molecule has 6 nitrogen and oxygen atoms in total. The highest BCUT2D eigenvalue weighted by Gasteiger charge is 2.18. The van der Waals surface area contributed by atoms with Gasteiger partial charge in [0.15, 0.2) is 5.82 Å². The maximum absolute atomic E-state index is 13.3. The predicted octanol–water partition coefficient (Wildman–Crippen LogP) is 2.99. The van der Waals surface area contributed by atoms with Crippen molar-refractivity contribution in [2.75, 3.05) is 4.72 Å². The van der Waals surface area contributed by atoms with Crippen molar-refractivity contribution in [1.82, 2.24) is 9.55 Å². The van der Waals surface area contributed by atoms with Crippen LogP contribution in [0.1, 0.15) is 5.56 Å². The highest BCUT2D eigenvalue weighted by Crippen LogP contribution is 2.19. The Bertz CT molecular complexity index is 1100. The van der Waals surface area contributed by atoms with Gasteiger partial charge in [0.25, 0.3) is 15.6 Å². The topological polar surface area (TPSA) is 81.1 Å². The number of anilines is 1. The Morgan fingerprint density at radius 2 is 1.85 bits per heavy atom. The number of halogens is 2. The molecule has 0 saturated carbocycles. The Kier molecular flexibility index (Phi) is 5.19. The normalized spacial score (nSPS) is 11.3. The summed E-state index contributed by atoms with van der Waals surface area (Å²) in [6.45, 7) is 0.105. The lowest BCUT2D eigenvalue weighted by Gasteiger charge is -2.11. The summed E-state index contributed by atoms with van der Waals surface area (Å²) in [6, 6.07) is 13.6. The molecule has 0 atom stereocenters. The number of aromatic nitrogens is 2. The lowest BCUT2D eigenvalue weighted by Crippen LogP contribution is -2.25. The second kappa shape index (κ2) is 7.38. The minimum atomic E-state index is -3.87. The number of sulfonamides is 1. The van der Waals surface area contributed by atoms with Crippen molar-refractivity contribution in [3.8, 4) is 0 Å². The fraction of sp³-hybridized carbons (Fsp3) is 0.0588. The number of nitrogens with one attached hydrogen (secondary N) is 1. The van der Waals surface area contributed by atoms with Gasteiger partial charge in [-0.2, -0.15) is 0 Å². The molecule has 0 aliphatic rings. The summed E-state index contributed by atoms with van der Waals surface area (Å²) in [5, 5.41) is 0. The van der Waals surface area contributed by atoms with Gasteiger partial charge in [0.2, 0.25) is 0 Å². The van der Waals surface area contributed by atoms with Crippen LogP contribution in [-0.2, 0) is 16.6 Å². The van der Waals surface area contributed by atoms with Gasteiger partial charge in [-0.3, -0.25) is 14.1 Å². The van der Waals surface area contributed by atoms with Crippen LogP contribution in [0.25, 0.3) is 0 Å². The first-order valence-corrected chi connectivity index (χ1v) is 9.72. The van der Waals surface area contributed by atoms with Crippen LogP contribution in [0.4, 0.5) is 10.2 Å². The molecule has 3 rings (SSSR count). The number of hydrogen-bond donors (Lipinski definition) is 1. The number of rotatable bonds is 5. The number of nitrogens with zero attached hydrogens (tertiary/aromatic N) is 2. The summed E-state index contributed by atoms with van der Waals surface area (Å²) in [4.78, 5) is 16.5. The third-order valence-electron chi connectivity index (χ3n) is 3.51. The molecule has 0 amide bonds. The van der Waals surface area contributed by atoms with E-state index in [0.717, 1.165) is 0 Å². The van der Waals surface area contributed by atoms with Gasteiger partial charge in [0, 0.05) is 0 Å². The molecule has 0 aliphatic heterocycles. The molecular formula is C17H13BrFN3O3S. The van der Waals surface area contributed by atoms with E-state index in [1.54, 1.807) is 30.3 Å². The van der Waals surface area contributed by atoms with Crippen LogP contribution in [0.5, 0.6) is 0 Å². The second-order valence-corrected chi connectivity index (χ2v) is 7.86. The molecule has 134 valence electrons. The van der Waals surface area contributed by atoms with E-state index in [0.29, 0.717) is 5.56 Å². The van der Waals surface area contributed by atoms with Crippen molar-refractivity contribution in [3.63, 3.8) is 0 Å². The molecule has 1 N–H and O–H groups in total. The summed E-state index contributed by atoms with van der Waals surface area (Å²) in [5.41, 5.74) is 0.0911. The largest absolute Gasteiger partial charge is 0.294 e. The highest BCUT2D eigenvalue weighted by atomic mass is 79.9. The Morgan fingerprint density at radius 3 is 2.54 bits per heavy atom. The van der Waals surface area contributed by atoms with E-state index in [4.69, 9.17) is 0 Å². The second-order valence-electron chi connectivity index (χ2n) is 5.39. The first-order chi connectivity index (χ1) is 12.4. The fourth-order valence-electron chi connectivity index (χ4n) is 2.27. The maximum atomic E-state index is 13.3. The van der Waals surface area contributed by atoms with Crippen LogP contribution in [0.15, 0.2) is 75.1 Å². The molecule has 9 heteroatoms. The molecule has 0 fully saturated rings. The van der Waals surface area contributed by atoms with E-state index in [9.17, 15) is 17.6 Å². The molecule has 0 spiro atoms. The molecule has 0 aliphatic carbocycles. The van der Waals surface area contributed by atoms with Gasteiger partial charge in [0.1, 0.15) is 16.6 Å². The molecule has 26 heavy (non-hydrogen) atoms. The summed E-state index contributed by atoms with van der Waals surface area (Å²) in [5.74, 6) is -0.524. The summed E-state index contributed by atoms with van der Waals surface area (Å²) in [6.07, 6.45) is 1.21. The molecule has 2 aromatic carbocycles. The van der Waals surface area contributed by atoms with Crippen molar-refractivity contribution in [3.05, 3.63) is 87.1 Å². The van der Waals surface area contributed by atoms with E-state index in [-0.39, 0.29) is 21.7 Å². The molecule has 1 aromatic heterocycles. The zero-order chi connectivity index (χ0) is 18.7. The van der Waals surface area contributed by atoms with Gasteiger partial charge in [-0.25, -0.2) is 17.8 Å². The van der Waals surface area contributed by atoms with Crippen molar-refractivity contribution in [1.29, 1.82) is 0 Å². The SMILES string of the molecule is O=c1c(Br)c(NS(=O)(=O)c2ccccc2)ncn1Cc1cccc(F)c1. The molecule has 1 heterocycles. The molecule has 3 aromatic rings. The van der Waals surface area contributed by atoms with Gasteiger partial charge >= 0.3 is 0 Å². The van der Waals surface area contributed by atoms with E-state index in [1.165, 1.54) is 35.2 Å². The first kappa shape index (κ1) is 18.3. The molecule has 0 bridgehead atoms. The van der Waals surface area contributed by atoms with E-state index in [1.807, 2.05) is 0 Å². The zero-order valence-corrected chi connectivity index (χ0v) is 15.7. The predicted molar refractivity (Wildman–Crippen MR) is 98.9 cm³/mol. The van der Waals surface area contributed by atoms with Gasteiger partial charge in [-0.15, -0.1) is 0 Å². The first-order valence-electron chi connectivity index (χ1n) is 7.44. The van der Waals surface area contributed by atoms with Crippen molar-refractivity contribution in [2.24, 2.45) is 0 Å². The van der Waals surface area contributed by atoms with E-state index >= 15 is 0 Å². The molecule has 0 unspecified atom stereocenters. The lowest BCUT2D eigenvalue weighted by atomic mass is 10.2. The number of hydrogen-bond acceptors (Lipinski definition) is 4. The van der Waals surface area contributed by atoms with Crippen molar-refractivity contribution in [2.45, 2.75) is 11.4 Å². The molecular weight excluding hydrogens is 425 g/mol. The van der Waals surface area contributed by atoms with Crippen LogP contribution < -0.4 is 10.3 Å². The third kappa shape index (κ3) is 4.00. The molecule has 0 saturated heterocycles. The Labute approximate surface area is 157 Å². The summed E-state index contributed by atoms with van der Waals surface area (Å²) in [7, 11) is -3.87. The smallest absolute Gasteiger partial charge is 0.270 e. The summed E-state index contributed by atoms with van der Waals surface area (Å²) >= 11 is 3.09. The third-order valence-corrected chi connectivity index (χ3v) is 5.58. The summed E-state index contributed by atoms with van der Waals surface area (Å²) < 4.78 is 41.5. The van der Waals surface area contributed by atoms with Crippen LogP contribution in [0.2, 0.25) is 0 Å². The van der Waals surface area contributed by atoms with E-state index in [2.05, 4.69) is 25.6 Å². The molecule has 0 radical (unpaired) electrons. The van der Waals surface area contributed by atoms with Crippen LogP contribution >= 0.6 is 15.9 Å². The van der Waals surface area contributed by atoms with Crippen molar-refractivity contribution >= 4 is 31.8 Å². The Balaban J connectivity index is 1.89. The Morgan fingerprint density at radius 1 is 1.12 bits per heavy atom. The minimum Gasteiger partial charge on any atom is -0.294 e. The average Bonchev–Trinajstić information content (AvgIpc) is 2.62. The van der Waals surface area contributed by atoms with Crippen LogP contribution in [-0.4, -0.2) is 18.0 Å². The van der Waals surface area contributed by atoms with Crippen LogP contribution in [0, 0.1) is 5.82 Å². The van der Waals surface area contributed by atoms with Gasteiger partial charge in [-0.1, -0.05) is 30.3 Å². The minimum absolute atomic E-state index is 0.0316. The van der Waals surface area contributed by atoms with Gasteiger partial charge in [0.05, 0.1) is 11.4 Å². The maximum Gasteiger partial charge on any atom is 0.270 e. The zero-order valence-electron chi connectivity index (χ0n) is 13.3. The van der Waals surface area contributed by atoms with Gasteiger partial charge < -0.3 is 0 Å². The van der Waals surface area contributed by atoms with Crippen LogP contribution in [0.3, 0.4) is 0 Å². The number of benzene rings is 2.